The second-order valence-electron chi connectivity index (χ2n) is 7.54. The summed E-state index contributed by atoms with van der Waals surface area (Å²) in [4.78, 5) is 14.3. The van der Waals surface area contributed by atoms with Crippen molar-refractivity contribution in [3.63, 3.8) is 0 Å². The fourth-order valence-electron chi connectivity index (χ4n) is 3.37. The van der Waals surface area contributed by atoms with Gasteiger partial charge in [-0.15, -0.1) is 0 Å². The highest BCUT2D eigenvalue weighted by molar-refractivity contribution is 5.77. The molecule has 134 valence electrons. The molecular weight excluding hydrogens is 316 g/mol. The van der Waals surface area contributed by atoms with Gasteiger partial charge in [0.25, 0.3) is 0 Å². The first kappa shape index (κ1) is 17.5. The van der Waals surface area contributed by atoms with Gasteiger partial charge in [0.05, 0.1) is 12.8 Å². The largest absolute Gasteiger partial charge is 0.461 e. The van der Waals surface area contributed by atoms with Crippen LogP contribution in [-0.2, 0) is 11.3 Å². The Kier molecular flexibility index (Phi) is 5.11. The number of amides is 1. The van der Waals surface area contributed by atoms with Crippen molar-refractivity contribution in [2.24, 2.45) is 5.41 Å². The molecule has 1 amide bonds. The standard InChI is InChI=1S/C20H26N2O3/c1-15(2)6-4-9-20(3)10-8-19(23)22(14-20)13-16-12-18(25-21-16)17-7-5-11-24-17/h5-7,11-12H,4,8-10,13-14H2,1-3H3/t20-/m1/s1. The molecule has 0 spiro atoms. The maximum Gasteiger partial charge on any atom is 0.222 e. The lowest BCUT2D eigenvalue weighted by molar-refractivity contribution is -0.138. The van der Waals surface area contributed by atoms with Gasteiger partial charge in [-0.3, -0.25) is 4.79 Å². The fraction of sp³-hybridized carbons (Fsp3) is 0.500. The first-order valence-corrected chi connectivity index (χ1v) is 8.86. The van der Waals surface area contributed by atoms with Crippen LogP contribution in [0, 0.1) is 5.41 Å². The monoisotopic (exact) mass is 342 g/mol. The maximum atomic E-state index is 12.3. The Labute approximate surface area is 148 Å². The molecule has 0 unspecified atom stereocenters. The summed E-state index contributed by atoms with van der Waals surface area (Å²) in [6, 6.07) is 5.49. The van der Waals surface area contributed by atoms with E-state index < -0.39 is 0 Å². The van der Waals surface area contributed by atoms with Gasteiger partial charge in [0.15, 0.2) is 5.76 Å². The number of hydrogen-bond acceptors (Lipinski definition) is 4. The minimum absolute atomic E-state index is 0.160. The van der Waals surface area contributed by atoms with Crippen LogP contribution in [0.1, 0.15) is 52.1 Å². The highest BCUT2D eigenvalue weighted by atomic mass is 16.5. The molecule has 1 aliphatic heterocycles. The SMILES string of the molecule is CC(C)=CCC[C@]1(C)CCC(=O)N(Cc2cc(-c3ccco3)on2)C1. The predicted molar refractivity (Wildman–Crippen MR) is 95.6 cm³/mol. The van der Waals surface area contributed by atoms with Crippen LogP contribution < -0.4 is 0 Å². The van der Waals surface area contributed by atoms with Gasteiger partial charge < -0.3 is 13.8 Å². The van der Waals surface area contributed by atoms with E-state index in [4.69, 9.17) is 8.94 Å². The summed E-state index contributed by atoms with van der Waals surface area (Å²) in [5.74, 6) is 1.44. The molecular formula is C20H26N2O3. The topological polar surface area (TPSA) is 59.5 Å². The van der Waals surface area contributed by atoms with Crippen LogP contribution in [-0.4, -0.2) is 22.5 Å². The van der Waals surface area contributed by atoms with Crippen LogP contribution in [0.4, 0.5) is 0 Å². The van der Waals surface area contributed by atoms with Crippen LogP contribution in [0.5, 0.6) is 0 Å². The summed E-state index contributed by atoms with van der Waals surface area (Å²) >= 11 is 0. The number of rotatable bonds is 6. The third-order valence-electron chi connectivity index (χ3n) is 4.84. The Morgan fingerprint density at radius 2 is 2.24 bits per heavy atom. The van der Waals surface area contributed by atoms with Crippen molar-refractivity contribution in [2.45, 2.75) is 53.0 Å². The Morgan fingerprint density at radius 3 is 2.96 bits per heavy atom. The van der Waals surface area contributed by atoms with Crippen molar-refractivity contribution in [2.75, 3.05) is 6.54 Å². The number of carbonyl (C=O) groups is 1. The number of carbonyl (C=O) groups excluding carboxylic acids is 1. The van der Waals surface area contributed by atoms with Crippen molar-refractivity contribution >= 4 is 5.91 Å². The van der Waals surface area contributed by atoms with Gasteiger partial charge >= 0.3 is 0 Å². The van der Waals surface area contributed by atoms with Crippen LogP contribution in [0.2, 0.25) is 0 Å². The molecule has 2 aromatic heterocycles. The Hall–Kier alpha value is -2.30. The van der Waals surface area contributed by atoms with Crippen molar-refractivity contribution in [1.82, 2.24) is 10.1 Å². The number of piperidine rings is 1. The number of nitrogens with zero attached hydrogens (tertiary/aromatic N) is 2. The summed E-state index contributed by atoms with van der Waals surface area (Å²) in [6.45, 7) is 7.79. The number of hydrogen-bond donors (Lipinski definition) is 0. The van der Waals surface area contributed by atoms with Crippen LogP contribution >= 0.6 is 0 Å². The number of furan rings is 1. The van der Waals surface area contributed by atoms with E-state index in [2.05, 4.69) is 32.0 Å². The molecule has 5 heteroatoms. The van der Waals surface area contributed by atoms with E-state index in [9.17, 15) is 4.79 Å². The summed E-state index contributed by atoms with van der Waals surface area (Å²) < 4.78 is 10.7. The molecule has 1 fully saturated rings. The lowest BCUT2D eigenvalue weighted by Gasteiger charge is -2.40. The van der Waals surface area contributed by atoms with E-state index >= 15 is 0 Å². The van der Waals surface area contributed by atoms with E-state index in [-0.39, 0.29) is 11.3 Å². The van der Waals surface area contributed by atoms with Crippen molar-refractivity contribution in [3.05, 3.63) is 41.8 Å². The molecule has 1 saturated heterocycles. The van der Waals surface area contributed by atoms with Gasteiger partial charge in [-0.25, -0.2) is 0 Å². The lowest BCUT2D eigenvalue weighted by Crippen LogP contribution is -2.44. The molecule has 2 aromatic rings. The number of likely N-dealkylation sites (tertiary alicyclic amines) is 1. The number of allylic oxidation sites excluding steroid dienone is 2. The molecule has 3 heterocycles. The van der Waals surface area contributed by atoms with E-state index in [0.717, 1.165) is 31.5 Å². The van der Waals surface area contributed by atoms with Gasteiger partial charge in [-0.1, -0.05) is 23.7 Å². The van der Waals surface area contributed by atoms with Gasteiger partial charge in [-0.2, -0.15) is 0 Å². The van der Waals surface area contributed by atoms with Gasteiger partial charge in [0.2, 0.25) is 11.7 Å². The highest BCUT2D eigenvalue weighted by Gasteiger charge is 2.34. The van der Waals surface area contributed by atoms with Gasteiger partial charge in [0, 0.05) is 19.0 Å². The number of aromatic nitrogens is 1. The van der Waals surface area contributed by atoms with Crippen LogP contribution in [0.15, 0.2) is 45.1 Å². The normalized spacial score (nSPS) is 20.8. The maximum absolute atomic E-state index is 12.3. The Morgan fingerprint density at radius 1 is 1.40 bits per heavy atom. The van der Waals surface area contributed by atoms with E-state index in [0.29, 0.717) is 24.5 Å². The summed E-state index contributed by atoms with van der Waals surface area (Å²) in [6.07, 6.45) is 7.60. The van der Waals surface area contributed by atoms with Crippen LogP contribution in [0.3, 0.4) is 0 Å². The fourth-order valence-corrected chi connectivity index (χ4v) is 3.37. The van der Waals surface area contributed by atoms with E-state index in [1.54, 1.807) is 6.26 Å². The first-order chi connectivity index (χ1) is 12.0. The molecule has 1 atom stereocenters. The third kappa shape index (κ3) is 4.41. The molecule has 0 bridgehead atoms. The minimum atomic E-state index is 0.160. The van der Waals surface area contributed by atoms with Crippen molar-refractivity contribution < 1.29 is 13.7 Å². The van der Waals surface area contributed by atoms with E-state index in [1.165, 1.54) is 5.57 Å². The third-order valence-corrected chi connectivity index (χ3v) is 4.84. The molecule has 0 N–H and O–H groups in total. The van der Waals surface area contributed by atoms with Gasteiger partial charge in [-0.05, 0) is 50.7 Å². The zero-order valence-electron chi connectivity index (χ0n) is 15.2. The Balaban J connectivity index is 1.64. The average molecular weight is 342 g/mol. The second-order valence-corrected chi connectivity index (χ2v) is 7.54. The minimum Gasteiger partial charge on any atom is -0.461 e. The smallest absolute Gasteiger partial charge is 0.222 e. The molecule has 5 nitrogen and oxygen atoms in total. The van der Waals surface area contributed by atoms with Gasteiger partial charge in [0.1, 0.15) is 5.69 Å². The highest BCUT2D eigenvalue weighted by Crippen LogP contribution is 2.35. The molecule has 0 aromatic carbocycles. The summed E-state index contributed by atoms with van der Waals surface area (Å²) in [5, 5.41) is 4.10. The molecule has 3 rings (SSSR count). The summed E-state index contributed by atoms with van der Waals surface area (Å²) in [5.41, 5.74) is 2.27. The zero-order chi connectivity index (χ0) is 17.9. The van der Waals surface area contributed by atoms with Crippen molar-refractivity contribution in [3.8, 4) is 11.5 Å². The van der Waals surface area contributed by atoms with Crippen LogP contribution in [0.25, 0.3) is 11.5 Å². The molecule has 25 heavy (non-hydrogen) atoms. The van der Waals surface area contributed by atoms with E-state index in [1.807, 2.05) is 23.1 Å². The lowest BCUT2D eigenvalue weighted by atomic mass is 9.77. The first-order valence-electron chi connectivity index (χ1n) is 8.86. The molecule has 0 saturated carbocycles. The predicted octanol–water partition coefficient (Wildman–Crippen LogP) is 4.81. The molecule has 1 aliphatic rings. The Bertz CT molecular complexity index is 741. The zero-order valence-corrected chi connectivity index (χ0v) is 15.2. The quantitative estimate of drug-likeness (QED) is 0.707. The van der Waals surface area contributed by atoms with Crippen molar-refractivity contribution in [1.29, 1.82) is 0 Å². The average Bonchev–Trinajstić information content (AvgIpc) is 3.22. The molecule has 0 aliphatic carbocycles. The summed E-state index contributed by atoms with van der Waals surface area (Å²) in [7, 11) is 0. The molecule has 0 radical (unpaired) electrons. The second kappa shape index (κ2) is 7.30.